The molecule has 0 spiro atoms. The molecule has 1 atom stereocenters. The number of nitrogens with one attached hydrogen (secondary N) is 1. The monoisotopic (exact) mass is 299 g/mol. The summed E-state index contributed by atoms with van der Waals surface area (Å²) in [4.78, 5) is 16.3. The van der Waals surface area contributed by atoms with E-state index in [-0.39, 0.29) is 11.9 Å². The quantitative estimate of drug-likeness (QED) is 0.920. The van der Waals surface area contributed by atoms with Crippen molar-refractivity contribution in [3.63, 3.8) is 0 Å². The van der Waals surface area contributed by atoms with E-state index in [0.29, 0.717) is 13.0 Å². The van der Waals surface area contributed by atoms with E-state index in [0.717, 1.165) is 36.5 Å². The van der Waals surface area contributed by atoms with E-state index in [1.165, 1.54) is 0 Å². The van der Waals surface area contributed by atoms with Crippen molar-refractivity contribution in [2.45, 2.75) is 38.8 Å². The minimum atomic E-state index is 0.0437. The molecule has 22 heavy (non-hydrogen) atoms. The Morgan fingerprint density at radius 1 is 1.45 bits per heavy atom. The van der Waals surface area contributed by atoms with Gasteiger partial charge in [-0.25, -0.2) is 4.98 Å². The van der Waals surface area contributed by atoms with Crippen molar-refractivity contribution >= 4 is 5.91 Å². The van der Waals surface area contributed by atoms with E-state index < -0.39 is 0 Å². The largest absolute Gasteiger partial charge is 0.493 e. The molecule has 1 unspecified atom stereocenters. The minimum absolute atomic E-state index is 0.0437. The maximum Gasteiger partial charge on any atom is 0.223 e. The Labute approximate surface area is 130 Å². The summed E-state index contributed by atoms with van der Waals surface area (Å²) in [5.74, 6) is 1.99. The van der Waals surface area contributed by atoms with Gasteiger partial charge in [-0.1, -0.05) is 18.2 Å². The van der Waals surface area contributed by atoms with Gasteiger partial charge in [0.15, 0.2) is 0 Å². The Kier molecular flexibility index (Phi) is 4.42. The fraction of sp³-hybridized carbons (Fsp3) is 0.412. The van der Waals surface area contributed by atoms with Gasteiger partial charge in [0.25, 0.3) is 0 Å². The van der Waals surface area contributed by atoms with Crippen LogP contribution < -0.4 is 10.1 Å². The molecule has 1 aromatic carbocycles. The number of hydrogen-bond donors (Lipinski definition) is 1. The number of rotatable bonds is 5. The van der Waals surface area contributed by atoms with Crippen molar-refractivity contribution in [3.8, 4) is 5.75 Å². The number of fused-ring (bicyclic) bond motifs is 1. The SMILES string of the molecule is Cc1ccccc1OCCC(=O)NC1CCc2nccn2C1. The molecule has 2 aromatic rings. The number of hydrogen-bond acceptors (Lipinski definition) is 3. The van der Waals surface area contributed by atoms with Gasteiger partial charge < -0.3 is 14.6 Å². The molecule has 0 fully saturated rings. The summed E-state index contributed by atoms with van der Waals surface area (Å²) in [6.45, 7) is 3.21. The van der Waals surface area contributed by atoms with Crippen LogP contribution in [0.15, 0.2) is 36.7 Å². The molecule has 0 saturated heterocycles. The average Bonchev–Trinajstić information content (AvgIpc) is 2.97. The fourth-order valence-electron chi connectivity index (χ4n) is 2.76. The van der Waals surface area contributed by atoms with Gasteiger partial charge in [0.05, 0.1) is 13.0 Å². The zero-order valence-corrected chi connectivity index (χ0v) is 12.8. The van der Waals surface area contributed by atoms with E-state index in [4.69, 9.17) is 4.74 Å². The second-order valence-electron chi connectivity index (χ2n) is 5.66. The highest BCUT2D eigenvalue weighted by molar-refractivity contribution is 5.76. The summed E-state index contributed by atoms with van der Waals surface area (Å²) < 4.78 is 7.77. The summed E-state index contributed by atoms with van der Waals surface area (Å²) >= 11 is 0. The standard InChI is InChI=1S/C17H21N3O2/c1-13-4-2-3-5-15(13)22-11-8-17(21)19-14-6-7-16-18-9-10-20(16)12-14/h2-5,9-10,14H,6-8,11-12H2,1H3,(H,19,21). The first-order chi connectivity index (χ1) is 10.7. The summed E-state index contributed by atoms with van der Waals surface area (Å²) in [5.41, 5.74) is 1.09. The van der Waals surface area contributed by atoms with Crippen molar-refractivity contribution in [2.75, 3.05) is 6.61 Å². The van der Waals surface area contributed by atoms with Crippen LogP contribution in [0.5, 0.6) is 5.75 Å². The number of carbonyl (C=O) groups is 1. The second-order valence-corrected chi connectivity index (χ2v) is 5.66. The van der Waals surface area contributed by atoms with Crippen molar-refractivity contribution < 1.29 is 9.53 Å². The molecule has 5 heteroatoms. The number of benzene rings is 1. The highest BCUT2D eigenvalue weighted by Gasteiger charge is 2.20. The molecular weight excluding hydrogens is 278 g/mol. The molecule has 0 saturated carbocycles. The maximum atomic E-state index is 12.0. The lowest BCUT2D eigenvalue weighted by molar-refractivity contribution is -0.122. The third-order valence-corrected chi connectivity index (χ3v) is 3.98. The molecule has 0 bridgehead atoms. The van der Waals surface area contributed by atoms with Crippen LogP contribution in [-0.4, -0.2) is 28.1 Å². The molecule has 1 aromatic heterocycles. The van der Waals surface area contributed by atoms with E-state index in [2.05, 4.69) is 14.9 Å². The Hall–Kier alpha value is -2.30. The topological polar surface area (TPSA) is 56.1 Å². The van der Waals surface area contributed by atoms with Crippen molar-refractivity contribution in [1.82, 2.24) is 14.9 Å². The smallest absolute Gasteiger partial charge is 0.223 e. The number of imidazole rings is 1. The third-order valence-electron chi connectivity index (χ3n) is 3.98. The predicted octanol–water partition coefficient (Wildman–Crippen LogP) is 2.09. The van der Waals surface area contributed by atoms with Crippen LogP contribution in [0, 0.1) is 6.92 Å². The van der Waals surface area contributed by atoms with Crippen LogP contribution in [0.25, 0.3) is 0 Å². The van der Waals surface area contributed by atoms with Gasteiger partial charge >= 0.3 is 0 Å². The third kappa shape index (κ3) is 3.47. The van der Waals surface area contributed by atoms with Gasteiger partial charge in [0.2, 0.25) is 5.91 Å². The maximum absolute atomic E-state index is 12.0. The van der Waals surface area contributed by atoms with Crippen LogP contribution >= 0.6 is 0 Å². The van der Waals surface area contributed by atoms with E-state index in [1.54, 1.807) is 0 Å². The predicted molar refractivity (Wildman–Crippen MR) is 83.8 cm³/mol. The van der Waals surface area contributed by atoms with Crippen molar-refractivity contribution in [2.24, 2.45) is 0 Å². The molecule has 116 valence electrons. The minimum Gasteiger partial charge on any atom is -0.493 e. The number of carbonyl (C=O) groups excluding carboxylic acids is 1. The lowest BCUT2D eigenvalue weighted by atomic mass is 10.1. The highest BCUT2D eigenvalue weighted by atomic mass is 16.5. The van der Waals surface area contributed by atoms with E-state index >= 15 is 0 Å². The normalized spacial score (nSPS) is 16.9. The second kappa shape index (κ2) is 6.64. The Morgan fingerprint density at radius 2 is 2.32 bits per heavy atom. The first-order valence-electron chi connectivity index (χ1n) is 7.70. The van der Waals surface area contributed by atoms with Crippen LogP contribution in [-0.2, 0) is 17.8 Å². The molecule has 0 aliphatic carbocycles. The molecule has 2 heterocycles. The zero-order valence-electron chi connectivity index (χ0n) is 12.8. The summed E-state index contributed by atoms with van der Waals surface area (Å²) in [5, 5.41) is 3.08. The van der Waals surface area contributed by atoms with Gasteiger partial charge in [-0.3, -0.25) is 4.79 Å². The zero-order chi connectivity index (χ0) is 15.4. The van der Waals surface area contributed by atoms with E-state index in [9.17, 15) is 4.79 Å². The van der Waals surface area contributed by atoms with Crippen molar-refractivity contribution in [3.05, 3.63) is 48.0 Å². The van der Waals surface area contributed by atoms with Gasteiger partial charge in [0.1, 0.15) is 11.6 Å². The first-order valence-corrected chi connectivity index (χ1v) is 7.70. The van der Waals surface area contributed by atoms with Gasteiger partial charge in [-0.15, -0.1) is 0 Å². The number of aromatic nitrogens is 2. The molecule has 1 amide bonds. The summed E-state index contributed by atoms with van der Waals surface area (Å²) in [6.07, 6.45) is 6.02. The highest BCUT2D eigenvalue weighted by Crippen LogP contribution is 2.16. The first kappa shape index (κ1) is 14.6. The molecule has 1 N–H and O–H groups in total. The Balaban J connectivity index is 1.43. The number of aryl methyl sites for hydroxylation is 2. The molecule has 3 rings (SSSR count). The van der Waals surface area contributed by atoms with Crippen molar-refractivity contribution in [1.29, 1.82) is 0 Å². The number of nitrogens with zero attached hydrogens (tertiary/aromatic N) is 2. The van der Waals surface area contributed by atoms with Gasteiger partial charge in [-0.05, 0) is 25.0 Å². The van der Waals surface area contributed by atoms with Crippen LogP contribution in [0.3, 0.4) is 0 Å². The molecule has 0 radical (unpaired) electrons. The molecule has 1 aliphatic rings. The fourth-order valence-corrected chi connectivity index (χ4v) is 2.76. The van der Waals surface area contributed by atoms with Crippen LogP contribution in [0.2, 0.25) is 0 Å². The lowest BCUT2D eigenvalue weighted by Crippen LogP contribution is -2.41. The van der Waals surface area contributed by atoms with E-state index in [1.807, 2.05) is 43.6 Å². The van der Waals surface area contributed by atoms with Crippen LogP contribution in [0.1, 0.15) is 24.2 Å². The van der Waals surface area contributed by atoms with Crippen LogP contribution in [0.4, 0.5) is 0 Å². The number of para-hydroxylation sites is 1. The molecule has 5 nitrogen and oxygen atoms in total. The number of amides is 1. The van der Waals surface area contributed by atoms with Gasteiger partial charge in [0, 0.05) is 31.4 Å². The Morgan fingerprint density at radius 3 is 3.18 bits per heavy atom. The lowest BCUT2D eigenvalue weighted by Gasteiger charge is -2.24. The van der Waals surface area contributed by atoms with Gasteiger partial charge in [-0.2, -0.15) is 0 Å². The summed E-state index contributed by atoms with van der Waals surface area (Å²) in [6, 6.07) is 8.03. The molecular formula is C17H21N3O2. The molecule has 1 aliphatic heterocycles. The average molecular weight is 299 g/mol. The number of ether oxygens (including phenoxy) is 1. The summed E-state index contributed by atoms with van der Waals surface area (Å²) in [7, 11) is 0. The Bertz CT molecular complexity index is 651.